The van der Waals surface area contributed by atoms with Gasteiger partial charge in [-0.1, -0.05) is 25.8 Å². The average Bonchev–Trinajstić information content (AvgIpc) is 2.87. The predicted octanol–water partition coefficient (Wildman–Crippen LogP) is 2.99. The number of hydrogen-bond donors (Lipinski definition) is 2. The second-order valence-electron chi connectivity index (χ2n) is 5.64. The Bertz CT molecular complexity index is 542. The van der Waals surface area contributed by atoms with Crippen LogP contribution in [0.1, 0.15) is 54.6 Å². The van der Waals surface area contributed by atoms with Gasteiger partial charge < -0.3 is 15.3 Å². The molecule has 1 aromatic carbocycles. The van der Waals surface area contributed by atoms with Crippen LogP contribution in [0.4, 0.5) is 4.79 Å². The Balaban J connectivity index is 1.96. The van der Waals surface area contributed by atoms with E-state index >= 15 is 0 Å². The molecular formula is C16H22N2O3. The highest BCUT2D eigenvalue weighted by atomic mass is 16.4. The average molecular weight is 290 g/mol. The molecule has 1 aromatic rings. The van der Waals surface area contributed by atoms with Crippen LogP contribution >= 0.6 is 0 Å². The Morgan fingerprint density at radius 3 is 2.71 bits per heavy atom. The largest absolute Gasteiger partial charge is 0.478 e. The number of carbonyl (C=O) groups excluding carboxylic acids is 1. The van der Waals surface area contributed by atoms with Gasteiger partial charge in [0.1, 0.15) is 0 Å². The van der Waals surface area contributed by atoms with Gasteiger partial charge in [-0.2, -0.15) is 0 Å². The minimum atomic E-state index is -0.936. The first-order chi connectivity index (χ1) is 10.0. The number of carboxylic acids is 1. The van der Waals surface area contributed by atoms with Crippen molar-refractivity contribution in [1.29, 1.82) is 0 Å². The summed E-state index contributed by atoms with van der Waals surface area (Å²) in [4.78, 5) is 24.9. The Morgan fingerprint density at radius 1 is 1.33 bits per heavy atom. The van der Waals surface area contributed by atoms with Gasteiger partial charge in [0.15, 0.2) is 0 Å². The van der Waals surface area contributed by atoms with E-state index in [1.807, 2.05) is 6.92 Å². The van der Waals surface area contributed by atoms with Gasteiger partial charge >= 0.3 is 12.0 Å². The lowest BCUT2D eigenvalue weighted by Gasteiger charge is -2.20. The number of aromatic carboxylic acids is 1. The minimum Gasteiger partial charge on any atom is -0.478 e. The van der Waals surface area contributed by atoms with Crippen LogP contribution in [0.15, 0.2) is 18.2 Å². The highest BCUT2D eigenvalue weighted by Crippen LogP contribution is 2.24. The van der Waals surface area contributed by atoms with Crippen molar-refractivity contribution in [3.05, 3.63) is 34.9 Å². The normalized spacial score (nSPS) is 14.7. The molecule has 114 valence electrons. The van der Waals surface area contributed by atoms with Crippen molar-refractivity contribution in [2.75, 3.05) is 0 Å². The Labute approximate surface area is 125 Å². The van der Waals surface area contributed by atoms with Crippen molar-refractivity contribution >= 4 is 12.0 Å². The molecule has 0 aromatic heterocycles. The van der Waals surface area contributed by atoms with Crippen LogP contribution in [0.5, 0.6) is 0 Å². The van der Waals surface area contributed by atoms with Crippen molar-refractivity contribution in [2.24, 2.45) is 0 Å². The monoisotopic (exact) mass is 290 g/mol. The Hall–Kier alpha value is -2.04. The molecule has 5 heteroatoms. The number of nitrogens with zero attached hydrogens (tertiary/aromatic N) is 1. The topological polar surface area (TPSA) is 69.6 Å². The smallest absolute Gasteiger partial charge is 0.335 e. The summed E-state index contributed by atoms with van der Waals surface area (Å²) >= 11 is 0. The van der Waals surface area contributed by atoms with Crippen LogP contribution in [0.2, 0.25) is 0 Å². The van der Waals surface area contributed by atoms with Gasteiger partial charge in [-0.25, -0.2) is 9.59 Å². The van der Waals surface area contributed by atoms with Gasteiger partial charge in [0.05, 0.1) is 5.56 Å². The molecular weight excluding hydrogens is 268 g/mol. The molecule has 0 radical (unpaired) electrons. The van der Waals surface area contributed by atoms with E-state index in [-0.39, 0.29) is 17.6 Å². The lowest BCUT2D eigenvalue weighted by Crippen LogP contribution is -2.41. The Morgan fingerprint density at radius 2 is 2.05 bits per heavy atom. The van der Waals surface area contributed by atoms with Gasteiger partial charge in [0.25, 0.3) is 0 Å². The molecule has 2 N–H and O–H groups in total. The second-order valence-corrected chi connectivity index (χ2v) is 5.64. The fourth-order valence-corrected chi connectivity index (χ4v) is 2.56. The number of unbranched alkanes of at least 4 members (excludes halogenated alkanes) is 1. The molecule has 0 bridgehead atoms. The first-order valence-corrected chi connectivity index (χ1v) is 7.41. The molecule has 0 saturated carbocycles. The van der Waals surface area contributed by atoms with Crippen molar-refractivity contribution in [3.63, 3.8) is 0 Å². The number of rotatable bonds is 5. The molecule has 0 aliphatic carbocycles. The Kier molecular flexibility index (Phi) is 4.83. The maximum atomic E-state index is 12.2. The van der Waals surface area contributed by atoms with E-state index in [4.69, 9.17) is 5.11 Å². The molecule has 0 fully saturated rings. The maximum Gasteiger partial charge on any atom is 0.335 e. The summed E-state index contributed by atoms with van der Waals surface area (Å²) in [5.41, 5.74) is 2.22. The van der Waals surface area contributed by atoms with Crippen LogP contribution in [0.3, 0.4) is 0 Å². The first-order valence-electron chi connectivity index (χ1n) is 7.41. The predicted molar refractivity (Wildman–Crippen MR) is 80.2 cm³/mol. The standard InChI is InChI=1S/C16H22N2O3/c1-3-4-5-11(2)17-16(21)18-9-13-7-6-12(15(19)20)8-14(13)10-18/h6-8,11H,3-5,9-10H2,1-2H3,(H,17,21)(H,19,20). The summed E-state index contributed by atoms with van der Waals surface area (Å²) < 4.78 is 0. The summed E-state index contributed by atoms with van der Waals surface area (Å²) in [6.45, 7) is 5.16. The van der Waals surface area contributed by atoms with E-state index in [2.05, 4.69) is 12.2 Å². The van der Waals surface area contributed by atoms with E-state index in [9.17, 15) is 9.59 Å². The highest BCUT2D eigenvalue weighted by molar-refractivity contribution is 5.88. The molecule has 1 aliphatic heterocycles. The van der Waals surface area contributed by atoms with Crippen molar-refractivity contribution in [2.45, 2.75) is 52.2 Å². The number of amides is 2. The SMILES string of the molecule is CCCCC(C)NC(=O)N1Cc2ccc(C(=O)O)cc2C1. The van der Waals surface area contributed by atoms with Crippen molar-refractivity contribution < 1.29 is 14.7 Å². The molecule has 2 rings (SSSR count). The van der Waals surface area contributed by atoms with E-state index in [1.54, 1.807) is 23.1 Å². The number of benzene rings is 1. The third kappa shape index (κ3) is 3.74. The van der Waals surface area contributed by atoms with Gasteiger partial charge in [-0.3, -0.25) is 0 Å². The van der Waals surface area contributed by atoms with E-state index in [0.29, 0.717) is 13.1 Å². The minimum absolute atomic E-state index is 0.0771. The van der Waals surface area contributed by atoms with Gasteiger partial charge in [-0.15, -0.1) is 0 Å². The molecule has 1 heterocycles. The second kappa shape index (κ2) is 6.61. The zero-order chi connectivity index (χ0) is 15.4. The quantitative estimate of drug-likeness (QED) is 0.876. The maximum absolute atomic E-state index is 12.2. The van der Waals surface area contributed by atoms with E-state index in [0.717, 1.165) is 30.4 Å². The third-order valence-corrected chi connectivity index (χ3v) is 3.82. The van der Waals surface area contributed by atoms with Crippen molar-refractivity contribution in [1.82, 2.24) is 10.2 Å². The summed E-state index contributed by atoms with van der Waals surface area (Å²) in [5, 5.41) is 12.0. The molecule has 1 atom stereocenters. The van der Waals surface area contributed by atoms with E-state index in [1.165, 1.54) is 0 Å². The molecule has 21 heavy (non-hydrogen) atoms. The molecule has 1 aliphatic rings. The number of nitrogens with one attached hydrogen (secondary N) is 1. The highest BCUT2D eigenvalue weighted by Gasteiger charge is 2.24. The first kappa shape index (κ1) is 15.4. The van der Waals surface area contributed by atoms with E-state index < -0.39 is 5.97 Å². The number of fused-ring (bicyclic) bond motifs is 1. The molecule has 1 unspecified atom stereocenters. The van der Waals surface area contributed by atoms with Crippen LogP contribution < -0.4 is 5.32 Å². The fraction of sp³-hybridized carbons (Fsp3) is 0.500. The van der Waals surface area contributed by atoms with Crippen molar-refractivity contribution in [3.8, 4) is 0 Å². The molecule has 5 nitrogen and oxygen atoms in total. The summed E-state index contributed by atoms with van der Waals surface area (Å²) in [5.74, 6) is -0.936. The lowest BCUT2D eigenvalue weighted by atomic mass is 10.1. The zero-order valence-electron chi connectivity index (χ0n) is 12.6. The van der Waals surface area contributed by atoms with Crippen LogP contribution in [-0.2, 0) is 13.1 Å². The van der Waals surface area contributed by atoms with Gasteiger partial charge in [0, 0.05) is 19.1 Å². The van der Waals surface area contributed by atoms with Crippen LogP contribution in [0.25, 0.3) is 0 Å². The fourth-order valence-electron chi connectivity index (χ4n) is 2.56. The van der Waals surface area contributed by atoms with Gasteiger partial charge in [0.2, 0.25) is 0 Å². The molecule has 2 amide bonds. The number of carbonyl (C=O) groups is 2. The number of urea groups is 1. The molecule has 0 spiro atoms. The summed E-state index contributed by atoms with van der Waals surface area (Å²) in [6, 6.07) is 5.13. The number of carboxylic acid groups (broad SMARTS) is 1. The van der Waals surface area contributed by atoms with Crippen LogP contribution in [0, 0.1) is 0 Å². The van der Waals surface area contributed by atoms with Gasteiger partial charge in [-0.05, 0) is 36.6 Å². The number of hydrogen-bond acceptors (Lipinski definition) is 2. The summed E-state index contributed by atoms with van der Waals surface area (Å²) in [6.07, 6.45) is 3.20. The van der Waals surface area contributed by atoms with Crippen LogP contribution in [-0.4, -0.2) is 28.0 Å². The lowest BCUT2D eigenvalue weighted by molar-refractivity contribution is 0.0696. The molecule has 0 saturated heterocycles. The summed E-state index contributed by atoms with van der Waals surface area (Å²) in [7, 11) is 0. The zero-order valence-corrected chi connectivity index (χ0v) is 12.6. The third-order valence-electron chi connectivity index (χ3n) is 3.82.